The second-order valence-corrected chi connectivity index (χ2v) is 7.95. The van der Waals surface area contributed by atoms with Crippen LogP contribution in [0.5, 0.6) is 0 Å². The maximum atomic E-state index is 14.0. The number of ether oxygens (including phenoxy) is 1. The van der Waals surface area contributed by atoms with Gasteiger partial charge in [-0.1, -0.05) is 19.9 Å². The van der Waals surface area contributed by atoms with Crippen LogP contribution >= 0.6 is 0 Å². The van der Waals surface area contributed by atoms with Crippen molar-refractivity contribution in [2.24, 2.45) is 0 Å². The Balaban J connectivity index is 2.02. The summed E-state index contributed by atoms with van der Waals surface area (Å²) in [5.74, 6) is 0.617. The van der Waals surface area contributed by atoms with Gasteiger partial charge in [-0.05, 0) is 38.1 Å². The molecule has 1 saturated heterocycles. The van der Waals surface area contributed by atoms with E-state index in [0.717, 1.165) is 56.2 Å². The molecule has 1 fully saturated rings. The first kappa shape index (κ1) is 23.2. The van der Waals surface area contributed by atoms with E-state index in [2.05, 4.69) is 23.6 Å². The summed E-state index contributed by atoms with van der Waals surface area (Å²) >= 11 is 0. The molecule has 31 heavy (non-hydrogen) atoms. The first-order valence-electron chi connectivity index (χ1n) is 11.1. The zero-order valence-electron chi connectivity index (χ0n) is 19.1. The molecule has 0 N–H and O–H groups in total. The monoisotopic (exact) mass is 431 g/mol. The van der Waals surface area contributed by atoms with E-state index in [4.69, 9.17) is 9.84 Å². The Morgan fingerprint density at radius 1 is 1.23 bits per heavy atom. The van der Waals surface area contributed by atoms with Crippen molar-refractivity contribution in [2.75, 3.05) is 57.9 Å². The van der Waals surface area contributed by atoms with Crippen molar-refractivity contribution < 1.29 is 13.9 Å². The summed E-state index contributed by atoms with van der Waals surface area (Å²) in [6.45, 7) is 12.0. The number of halogens is 1. The molecule has 0 unspecified atom stereocenters. The van der Waals surface area contributed by atoms with E-state index in [0.29, 0.717) is 18.8 Å². The van der Waals surface area contributed by atoms with Crippen LogP contribution in [-0.2, 0) is 16.1 Å². The van der Waals surface area contributed by atoms with Gasteiger partial charge in [0, 0.05) is 45.4 Å². The van der Waals surface area contributed by atoms with Crippen molar-refractivity contribution in [1.29, 1.82) is 0 Å². The van der Waals surface area contributed by atoms with E-state index in [9.17, 15) is 9.18 Å². The number of hydrogen-bond acceptors (Lipinski definition) is 5. The van der Waals surface area contributed by atoms with E-state index in [-0.39, 0.29) is 18.3 Å². The molecule has 170 valence electrons. The smallest absolute Gasteiger partial charge is 0.248 e. The van der Waals surface area contributed by atoms with Gasteiger partial charge in [-0.25, -0.2) is 9.07 Å². The van der Waals surface area contributed by atoms with Crippen molar-refractivity contribution >= 4 is 11.7 Å². The summed E-state index contributed by atoms with van der Waals surface area (Å²) in [5.41, 5.74) is 2.54. The standard InChI is InChI=1S/C23H34FN5O2/c1-5-10-28(22(30)17-31-4)16-21-18(3)25-29(20-9-7-8-19(24)15-20)23(21)27-13-11-26(6-2)12-14-27/h7-9,15H,5-6,10-14,16-17H2,1-4H3. The molecule has 1 aromatic carbocycles. The lowest BCUT2D eigenvalue weighted by atomic mass is 10.1. The van der Waals surface area contributed by atoms with Gasteiger partial charge < -0.3 is 19.4 Å². The predicted molar refractivity (Wildman–Crippen MR) is 120 cm³/mol. The molecule has 0 radical (unpaired) electrons. The quantitative estimate of drug-likeness (QED) is 0.611. The van der Waals surface area contributed by atoms with E-state index < -0.39 is 0 Å². The lowest BCUT2D eigenvalue weighted by Crippen LogP contribution is -2.47. The van der Waals surface area contributed by atoms with Gasteiger partial charge in [-0.15, -0.1) is 0 Å². The van der Waals surface area contributed by atoms with Crippen LogP contribution in [0.3, 0.4) is 0 Å². The van der Waals surface area contributed by atoms with Gasteiger partial charge in [-0.3, -0.25) is 4.79 Å². The number of likely N-dealkylation sites (N-methyl/N-ethyl adjacent to an activating group) is 1. The van der Waals surface area contributed by atoms with Gasteiger partial charge in [0.15, 0.2) is 0 Å². The number of piperazine rings is 1. The molecule has 2 aromatic rings. The lowest BCUT2D eigenvalue weighted by molar-refractivity contribution is -0.135. The highest BCUT2D eigenvalue weighted by Gasteiger charge is 2.27. The van der Waals surface area contributed by atoms with Crippen LogP contribution in [-0.4, -0.2) is 78.5 Å². The average Bonchev–Trinajstić information content (AvgIpc) is 3.09. The molecule has 7 nitrogen and oxygen atoms in total. The number of anilines is 1. The SMILES string of the molecule is CCCN(Cc1c(C)nn(-c2cccc(F)c2)c1N1CCN(CC)CC1)C(=O)COC. The third-order valence-electron chi connectivity index (χ3n) is 5.79. The fourth-order valence-corrected chi connectivity index (χ4v) is 4.09. The summed E-state index contributed by atoms with van der Waals surface area (Å²) in [6.07, 6.45) is 0.858. The molecule has 0 aliphatic carbocycles. The molecule has 1 aromatic heterocycles. The molecule has 0 saturated carbocycles. The Morgan fingerprint density at radius 2 is 1.97 bits per heavy atom. The first-order valence-corrected chi connectivity index (χ1v) is 11.1. The third-order valence-corrected chi connectivity index (χ3v) is 5.79. The van der Waals surface area contributed by atoms with Gasteiger partial charge >= 0.3 is 0 Å². The van der Waals surface area contributed by atoms with Crippen molar-refractivity contribution in [2.45, 2.75) is 33.7 Å². The minimum atomic E-state index is -0.295. The number of carbonyl (C=O) groups is 1. The minimum Gasteiger partial charge on any atom is -0.375 e. The summed E-state index contributed by atoms with van der Waals surface area (Å²) in [6, 6.07) is 6.51. The number of hydrogen-bond donors (Lipinski definition) is 0. The number of nitrogens with zero attached hydrogens (tertiary/aromatic N) is 5. The maximum Gasteiger partial charge on any atom is 0.248 e. The highest BCUT2D eigenvalue weighted by molar-refractivity contribution is 5.77. The molecule has 1 aliphatic heterocycles. The third kappa shape index (κ3) is 5.43. The van der Waals surface area contributed by atoms with E-state index in [1.54, 1.807) is 6.07 Å². The second-order valence-electron chi connectivity index (χ2n) is 7.95. The summed E-state index contributed by atoms with van der Waals surface area (Å²) < 4.78 is 20.9. The first-order chi connectivity index (χ1) is 15.0. The van der Waals surface area contributed by atoms with Gasteiger partial charge in [0.25, 0.3) is 0 Å². The Labute approximate surface area is 184 Å². The fraction of sp³-hybridized carbons (Fsp3) is 0.565. The van der Waals surface area contributed by atoms with Crippen LogP contribution in [0.15, 0.2) is 24.3 Å². The largest absolute Gasteiger partial charge is 0.375 e. The van der Waals surface area contributed by atoms with E-state index in [1.165, 1.54) is 19.2 Å². The van der Waals surface area contributed by atoms with E-state index in [1.807, 2.05) is 22.6 Å². The van der Waals surface area contributed by atoms with Crippen molar-refractivity contribution in [3.8, 4) is 5.69 Å². The van der Waals surface area contributed by atoms with Crippen molar-refractivity contribution in [3.05, 3.63) is 41.3 Å². The molecule has 1 amide bonds. The van der Waals surface area contributed by atoms with Gasteiger partial charge in [0.2, 0.25) is 5.91 Å². The number of carbonyl (C=O) groups excluding carboxylic acids is 1. The predicted octanol–water partition coefficient (Wildman–Crippen LogP) is 2.85. The molecule has 0 atom stereocenters. The normalized spacial score (nSPS) is 14.8. The minimum absolute atomic E-state index is 0.0380. The van der Waals surface area contributed by atoms with Crippen LogP contribution in [0.25, 0.3) is 5.69 Å². The Morgan fingerprint density at radius 3 is 2.58 bits per heavy atom. The molecular formula is C23H34FN5O2. The summed E-state index contributed by atoms with van der Waals surface area (Å²) in [4.78, 5) is 19.2. The molecule has 0 bridgehead atoms. The molecule has 0 spiro atoms. The number of aryl methyl sites for hydroxylation is 1. The number of amides is 1. The van der Waals surface area contributed by atoms with Gasteiger partial charge in [-0.2, -0.15) is 5.10 Å². The molecule has 2 heterocycles. The Hall–Kier alpha value is -2.45. The summed E-state index contributed by atoms with van der Waals surface area (Å²) in [7, 11) is 1.54. The highest BCUT2D eigenvalue weighted by atomic mass is 19.1. The molecule has 1 aliphatic rings. The number of rotatable bonds is 9. The molecule has 8 heteroatoms. The van der Waals surface area contributed by atoms with Gasteiger partial charge in [0.05, 0.1) is 17.9 Å². The lowest BCUT2D eigenvalue weighted by Gasteiger charge is -2.36. The van der Waals surface area contributed by atoms with Crippen LogP contribution in [0, 0.1) is 12.7 Å². The average molecular weight is 432 g/mol. The van der Waals surface area contributed by atoms with Crippen LogP contribution < -0.4 is 4.90 Å². The number of aromatic nitrogens is 2. The zero-order chi connectivity index (χ0) is 22.4. The topological polar surface area (TPSA) is 53.8 Å². The van der Waals surface area contributed by atoms with E-state index >= 15 is 0 Å². The Kier molecular flexibility index (Phi) is 8.03. The number of methoxy groups -OCH3 is 1. The van der Waals surface area contributed by atoms with Gasteiger partial charge in [0.1, 0.15) is 18.2 Å². The van der Waals surface area contributed by atoms with Crippen LogP contribution in [0.2, 0.25) is 0 Å². The fourth-order valence-electron chi connectivity index (χ4n) is 4.09. The second kappa shape index (κ2) is 10.7. The number of benzene rings is 1. The Bertz CT molecular complexity index is 877. The maximum absolute atomic E-state index is 14.0. The van der Waals surface area contributed by atoms with Crippen molar-refractivity contribution in [1.82, 2.24) is 19.6 Å². The van der Waals surface area contributed by atoms with Crippen LogP contribution in [0.4, 0.5) is 10.2 Å². The highest BCUT2D eigenvalue weighted by Crippen LogP contribution is 2.30. The summed E-state index contributed by atoms with van der Waals surface area (Å²) in [5, 5.41) is 4.78. The molecular weight excluding hydrogens is 397 g/mol. The van der Waals surface area contributed by atoms with Crippen LogP contribution in [0.1, 0.15) is 31.5 Å². The van der Waals surface area contributed by atoms with Crippen molar-refractivity contribution in [3.63, 3.8) is 0 Å². The molecule has 3 rings (SSSR count). The zero-order valence-corrected chi connectivity index (χ0v) is 19.1.